The van der Waals surface area contributed by atoms with E-state index in [0.29, 0.717) is 42.5 Å². The summed E-state index contributed by atoms with van der Waals surface area (Å²) in [7, 11) is 0. The maximum absolute atomic E-state index is 13.0. The number of H-pyrrole nitrogens is 1. The quantitative estimate of drug-likeness (QED) is 0.638. The molecule has 8 heteroatoms. The second kappa shape index (κ2) is 9.42. The summed E-state index contributed by atoms with van der Waals surface area (Å²) in [6, 6.07) is 12.8. The van der Waals surface area contributed by atoms with Crippen molar-refractivity contribution in [3.05, 3.63) is 60.6 Å². The first-order valence-electron chi connectivity index (χ1n) is 10.4. The maximum Gasteiger partial charge on any atom is 0.271 e. The Bertz CT molecular complexity index is 1050. The number of pyridine rings is 1. The Morgan fingerprint density at radius 3 is 2.84 bits per heavy atom. The lowest BCUT2D eigenvalue weighted by Gasteiger charge is -2.31. The summed E-state index contributed by atoms with van der Waals surface area (Å²) >= 11 is 0. The lowest BCUT2D eigenvalue weighted by Crippen LogP contribution is -2.43. The van der Waals surface area contributed by atoms with Crippen molar-refractivity contribution in [2.24, 2.45) is 5.92 Å². The van der Waals surface area contributed by atoms with Gasteiger partial charge in [0, 0.05) is 31.0 Å². The predicted octanol–water partition coefficient (Wildman–Crippen LogP) is 3.36. The molecule has 1 aromatic carbocycles. The number of amides is 2. The Morgan fingerprint density at radius 1 is 1.23 bits per heavy atom. The molecule has 0 aliphatic carbocycles. The monoisotopic (exact) mass is 419 g/mol. The van der Waals surface area contributed by atoms with Crippen LogP contribution in [0.15, 0.2) is 54.9 Å². The molecule has 3 heterocycles. The van der Waals surface area contributed by atoms with Gasteiger partial charge in [-0.05, 0) is 50.1 Å². The molecular weight excluding hydrogens is 394 g/mol. The fourth-order valence-corrected chi connectivity index (χ4v) is 3.73. The van der Waals surface area contributed by atoms with Gasteiger partial charge in [-0.2, -0.15) is 5.10 Å². The van der Waals surface area contributed by atoms with E-state index in [0.717, 1.165) is 18.4 Å². The number of anilines is 1. The number of para-hydroxylation sites is 2. The van der Waals surface area contributed by atoms with Crippen LogP contribution in [0.25, 0.3) is 11.3 Å². The van der Waals surface area contributed by atoms with Crippen molar-refractivity contribution in [2.45, 2.75) is 19.8 Å². The Labute approximate surface area is 180 Å². The van der Waals surface area contributed by atoms with Crippen LogP contribution in [0.2, 0.25) is 0 Å². The first kappa shape index (κ1) is 20.6. The van der Waals surface area contributed by atoms with Gasteiger partial charge in [-0.15, -0.1) is 0 Å². The number of piperidine rings is 1. The lowest BCUT2D eigenvalue weighted by atomic mass is 9.96. The number of likely N-dealkylation sites (tertiary alicyclic amines) is 1. The van der Waals surface area contributed by atoms with Crippen LogP contribution in [-0.2, 0) is 4.79 Å². The molecule has 2 N–H and O–H groups in total. The number of carbonyl (C=O) groups excluding carboxylic acids is 2. The zero-order valence-corrected chi connectivity index (χ0v) is 17.4. The van der Waals surface area contributed by atoms with Crippen LogP contribution in [0, 0.1) is 5.92 Å². The van der Waals surface area contributed by atoms with Crippen molar-refractivity contribution >= 4 is 17.5 Å². The van der Waals surface area contributed by atoms with Gasteiger partial charge in [0.2, 0.25) is 5.91 Å². The Balaban J connectivity index is 1.42. The molecule has 2 amide bonds. The van der Waals surface area contributed by atoms with E-state index < -0.39 is 0 Å². The highest BCUT2D eigenvalue weighted by Gasteiger charge is 2.30. The molecule has 4 rings (SSSR count). The molecule has 1 fully saturated rings. The molecule has 0 radical (unpaired) electrons. The minimum atomic E-state index is -0.282. The standard InChI is InChI=1S/C23H25N5O3/c1-2-31-21-8-4-3-7-18(21)25-22(29)17-6-5-13-28(15-17)23(30)20-14-19(26-27-20)16-9-11-24-12-10-16/h3-4,7-12,14,17H,2,5-6,13,15H2,1H3,(H,25,29)(H,26,27). The zero-order chi connectivity index (χ0) is 21.6. The Hall–Kier alpha value is -3.68. The molecule has 8 nitrogen and oxygen atoms in total. The third-order valence-corrected chi connectivity index (χ3v) is 5.31. The van der Waals surface area contributed by atoms with E-state index in [1.165, 1.54) is 0 Å². The number of benzene rings is 1. The highest BCUT2D eigenvalue weighted by Crippen LogP contribution is 2.26. The highest BCUT2D eigenvalue weighted by atomic mass is 16.5. The van der Waals surface area contributed by atoms with Crippen LogP contribution >= 0.6 is 0 Å². The van der Waals surface area contributed by atoms with Crippen LogP contribution in [0.3, 0.4) is 0 Å². The largest absolute Gasteiger partial charge is 0.492 e. The molecular formula is C23H25N5O3. The number of aromatic nitrogens is 3. The highest BCUT2D eigenvalue weighted by molar-refractivity contribution is 5.96. The van der Waals surface area contributed by atoms with Crippen molar-refractivity contribution in [1.29, 1.82) is 0 Å². The number of hydrogen-bond acceptors (Lipinski definition) is 5. The number of hydrogen-bond donors (Lipinski definition) is 2. The van der Waals surface area contributed by atoms with Crippen LogP contribution in [0.1, 0.15) is 30.3 Å². The normalized spacial score (nSPS) is 16.0. The smallest absolute Gasteiger partial charge is 0.271 e. The molecule has 1 aliphatic heterocycles. The minimum Gasteiger partial charge on any atom is -0.492 e. The van der Waals surface area contributed by atoms with Crippen LogP contribution in [0.4, 0.5) is 5.69 Å². The second-order valence-electron chi connectivity index (χ2n) is 7.41. The number of ether oxygens (including phenoxy) is 1. The van der Waals surface area contributed by atoms with Gasteiger partial charge in [-0.3, -0.25) is 19.7 Å². The van der Waals surface area contributed by atoms with Crippen LogP contribution in [0.5, 0.6) is 5.75 Å². The van der Waals surface area contributed by atoms with Crippen molar-refractivity contribution in [1.82, 2.24) is 20.1 Å². The molecule has 160 valence electrons. The van der Waals surface area contributed by atoms with E-state index in [-0.39, 0.29) is 17.7 Å². The second-order valence-corrected chi connectivity index (χ2v) is 7.41. The van der Waals surface area contributed by atoms with Crippen molar-refractivity contribution in [3.63, 3.8) is 0 Å². The van der Waals surface area contributed by atoms with Gasteiger partial charge >= 0.3 is 0 Å². The summed E-state index contributed by atoms with van der Waals surface area (Å²) < 4.78 is 5.59. The first-order valence-corrected chi connectivity index (χ1v) is 10.4. The molecule has 0 bridgehead atoms. The topological polar surface area (TPSA) is 100 Å². The van der Waals surface area contributed by atoms with Gasteiger partial charge in [-0.25, -0.2) is 0 Å². The molecule has 2 aromatic heterocycles. The zero-order valence-electron chi connectivity index (χ0n) is 17.4. The molecule has 1 atom stereocenters. The van der Waals surface area contributed by atoms with Gasteiger partial charge in [0.05, 0.1) is 23.9 Å². The van der Waals surface area contributed by atoms with Crippen molar-refractivity contribution in [3.8, 4) is 17.0 Å². The van der Waals surface area contributed by atoms with Crippen LogP contribution in [-0.4, -0.2) is 51.6 Å². The lowest BCUT2D eigenvalue weighted by molar-refractivity contribution is -0.121. The van der Waals surface area contributed by atoms with E-state index in [2.05, 4.69) is 20.5 Å². The molecule has 1 unspecified atom stereocenters. The van der Waals surface area contributed by atoms with Crippen molar-refractivity contribution in [2.75, 3.05) is 25.0 Å². The van der Waals surface area contributed by atoms with E-state index >= 15 is 0 Å². The van der Waals surface area contributed by atoms with E-state index in [4.69, 9.17) is 4.74 Å². The number of carbonyl (C=O) groups is 2. The summed E-state index contributed by atoms with van der Waals surface area (Å²) in [4.78, 5) is 31.6. The Morgan fingerprint density at radius 2 is 2.03 bits per heavy atom. The molecule has 0 saturated carbocycles. The number of nitrogens with one attached hydrogen (secondary N) is 2. The fourth-order valence-electron chi connectivity index (χ4n) is 3.73. The third kappa shape index (κ3) is 4.74. The average molecular weight is 419 g/mol. The summed E-state index contributed by atoms with van der Waals surface area (Å²) in [6.07, 6.45) is 4.87. The minimum absolute atomic E-state index is 0.105. The first-order chi connectivity index (χ1) is 15.2. The molecule has 3 aromatic rings. The van der Waals surface area contributed by atoms with Gasteiger partial charge in [0.1, 0.15) is 11.4 Å². The van der Waals surface area contributed by atoms with Gasteiger partial charge < -0.3 is 15.0 Å². The summed E-state index contributed by atoms with van der Waals surface area (Å²) in [6.45, 7) is 3.40. The number of nitrogens with zero attached hydrogens (tertiary/aromatic N) is 3. The summed E-state index contributed by atoms with van der Waals surface area (Å²) in [5, 5.41) is 10.0. The van der Waals surface area contributed by atoms with Crippen molar-refractivity contribution < 1.29 is 14.3 Å². The van der Waals surface area contributed by atoms with Gasteiger partial charge in [-0.1, -0.05) is 12.1 Å². The van der Waals surface area contributed by atoms with Crippen LogP contribution < -0.4 is 10.1 Å². The SMILES string of the molecule is CCOc1ccccc1NC(=O)C1CCCN(C(=O)c2cc(-c3ccncc3)n[nH]2)C1. The van der Waals surface area contributed by atoms with Gasteiger partial charge in [0.15, 0.2) is 0 Å². The summed E-state index contributed by atoms with van der Waals surface area (Å²) in [5.74, 6) is 0.102. The maximum atomic E-state index is 13.0. The van der Waals surface area contributed by atoms with Gasteiger partial charge in [0.25, 0.3) is 5.91 Å². The number of aromatic amines is 1. The molecule has 31 heavy (non-hydrogen) atoms. The fraction of sp³-hybridized carbons (Fsp3) is 0.304. The molecule has 1 saturated heterocycles. The number of rotatable bonds is 6. The predicted molar refractivity (Wildman–Crippen MR) is 117 cm³/mol. The Kier molecular flexibility index (Phi) is 6.26. The molecule has 0 spiro atoms. The molecule has 1 aliphatic rings. The van der Waals surface area contributed by atoms with E-state index in [1.807, 2.05) is 43.3 Å². The third-order valence-electron chi connectivity index (χ3n) is 5.31. The summed E-state index contributed by atoms with van der Waals surface area (Å²) in [5.41, 5.74) is 2.63. The van der Waals surface area contributed by atoms with E-state index in [9.17, 15) is 9.59 Å². The van der Waals surface area contributed by atoms with E-state index in [1.54, 1.807) is 23.4 Å². The average Bonchev–Trinajstić information content (AvgIpc) is 3.31.